The number of rotatable bonds is 3. The summed E-state index contributed by atoms with van der Waals surface area (Å²) in [4.78, 5) is 18.9. The molecule has 0 spiro atoms. The lowest BCUT2D eigenvalue weighted by Crippen LogP contribution is -2.47. The van der Waals surface area contributed by atoms with Gasteiger partial charge in [-0.1, -0.05) is 19.4 Å². The Morgan fingerprint density at radius 1 is 1.50 bits per heavy atom. The van der Waals surface area contributed by atoms with Crippen molar-refractivity contribution in [3.05, 3.63) is 29.6 Å². The van der Waals surface area contributed by atoms with Crippen molar-refractivity contribution in [3.8, 4) is 0 Å². The van der Waals surface area contributed by atoms with E-state index >= 15 is 0 Å². The topological polar surface area (TPSA) is 57.3 Å². The minimum Gasteiger partial charge on any atom is -0.337 e. The Balaban J connectivity index is 1.62. The predicted octanol–water partition coefficient (Wildman–Crippen LogP) is 1.00. The van der Waals surface area contributed by atoms with Gasteiger partial charge in [-0.3, -0.25) is 15.2 Å². The lowest BCUT2D eigenvalue weighted by molar-refractivity contribution is -0.134. The molecular weight excluding hydrogens is 252 g/mol. The van der Waals surface area contributed by atoms with E-state index in [9.17, 15) is 4.79 Å². The van der Waals surface area contributed by atoms with Crippen molar-refractivity contribution in [1.82, 2.24) is 20.7 Å². The highest BCUT2D eigenvalue weighted by Crippen LogP contribution is 2.19. The molecule has 20 heavy (non-hydrogen) atoms. The van der Waals surface area contributed by atoms with Gasteiger partial charge in [0.2, 0.25) is 5.91 Å². The van der Waals surface area contributed by atoms with Crippen molar-refractivity contribution in [2.75, 3.05) is 6.54 Å². The third-order valence-corrected chi connectivity index (χ3v) is 4.19. The summed E-state index contributed by atoms with van der Waals surface area (Å²) in [5, 5.41) is 0. The standard InChI is InChI=1S/C15H22N4O/c1-2-4-12-9-14(18-17-12)15(20)19-8-6-13-11(10-19)5-3-7-16-13/h3,5,7,12,14,17-18H,2,4,6,8-10H2,1H3. The average Bonchev–Trinajstić information content (AvgIpc) is 2.95. The summed E-state index contributed by atoms with van der Waals surface area (Å²) in [6, 6.07) is 4.36. The molecule has 5 nitrogen and oxygen atoms in total. The van der Waals surface area contributed by atoms with Gasteiger partial charge < -0.3 is 4.90 Å². The molecule has 0 bridgehead atoms. The molecular formula is C15H22N4O. The van der Waals surface area contributed by atoms with Crippen LogP contribution in [0.4, 0.5) is 0 Å². The predicted molar refractivity (Wildman–Crippen MR) is 76.7 cm³/mol. The summed E-state index contributed by atoms with van der Waals surface area (Å²) < 4.78 is 0. The van der Waals surface area contributed by atoms with Crippen LogP contribution >= 0.6 is 0 Å². The largest absolute Gasteiger partial charge is 0.337 e. The van der Waals surface area contributed by atoms with E-state index in [4.69, 9.17) is 0 Å². The molecule has 1 aromatic heterocycles. The summed E-state index contributed by atoms with van der Waals surface area (Å²) in [5.41, 5.74) is 8.71. The normalized spacial score (nSPS) is 25.6. The quantitative estimate of drug-likeness (QED) is 0.863. The monoisotopic (exact) mass is 274 g/mol. The van der Waals surface area contributed by atoms with Crippen molar-refractivity contribution in [2.45, 2.75) is 51.2 Å². The highest BCUT2D eigenvalue weighted by Gasteiger charge is 2.33. The summed E-state index contributed by atoms with van der Waals surface area (Å²) >= 11 is 0. The van der Waals surface area contributed by atoms with E-state index in [0.29, 0.717) is 12.6 Å². The molecule has 0 aromatic carbocycles. The number of nitrogens with one attached hydrogen (secondary N) is 2. The van der Waals surface area contributed by atoms with E-state index in [1.54, 1.807) is 0 Å². The second-order valence-corrected chi connectivity index (χ2v) is 5.68. The van der Waals surface area contributed by atoms with Crippen LogP contribution in [0.3, 0.4) is 0 Å². The van der Waals surface area contributed by atoms with Gasteiger partial charge in [0.05, 0.1) is 0 Å². The van der Waals surface area contributed by atoms with Crippen LogP contribution in [-0.4, -0.2) is 34.4 Å². The molecule has 2 unspecified atom stereocenters. The lowest BCUT2D eigenvalue weighted by atomic mass is 10.0. The molecule has 2 N–H and O–H groups in total. The first kappa shape index (κ1) is 13.5. The molecule has 1 amide bonds. The van der Waals surface area contributed by atoms with Crippen molar-refractivity contribution >= 4 is 5.91 Å². The molecule has 0 radical (unpaired) electrons. The van der Waals surface area contributed by atoms with Crippen molar-refractivity contribution < 1.29 is 4.79 Å². The summed E-state index contributed by atoms with van der Waals surface area (Å²) in [6.45, 7) is 3.64. The first-order valence-corrected chi connectivity index (χ1v) is 7.50. The van der Waals surface area contributed by atoms with Gasteiger partial charge >= 0.3 is 0 Å². The van der Waals surface area contributed by atoms with E-state index in [0.717, 1.165) is 37.9 Å². The molecule has 3 heterocycles. The van der Waals surface area contributed by atoms with E-state index in [-0.39, 0.29) is 11.9 Å². The van der Waals surface area contributed by atoms with Crippen molar-refractivity contribution in [3.63, 3.8) is 0 Å². The Morgan fingerprint density at radius 3 is 3.25 bits per heavy atom. The Kier molecular flexibility index (Phi) is 3.98. The molecule has 1 fully saturated rings. The maximum absolute atomic E-state index is 12.6. The number of pyridine rings is 1. The maximum Gasteiger partial charge on any atom is 0.241 e. The number of amides is 1. The smallest absolute Gasteiger partial charge is 0.241 e. The number of hydrogen-bond acceptors (Lipinski definition) is 4. The van der Waals surface area contributed by atoms with Crippen LogP contribution in [0, 0.1) is 0 Å². The Morgan fingerprint density at radius 2 is 2.40 bits per heavy atom. The lowest BCUT2D eigenvalue weighted by Gasteiger charge is -2.30. The highest BCUT2D eigenvalue weighted by molar-refractivity contribution is 5.82. The van der Waals surface area contributed by atoms with Gasteiger partial charge in [-0.25, -0.2) is 5.43 Å². The van der Waals surface area contributed by atoms with E-state index in [1.165, 1.54) is 5.56 Å². The minimum atomic E-state index is -0.0789. The average molecular weight is 274 g/mol. The number of hydrazine groups is 1. The van der Waals surface area contributed by atoms with Gasteiger partial charge in [-0.05, 0) is 24.5 Å². The molecule has 2 aliphatic rings. The molecule has 108 valence electrons. The second-order valence-electron chi connectivity index (χ2n) is 5.68. The van der Waals surface area contributed by atoms with Gasteiger partial charge in [-0.15, -0.1) is 0 Å². The first-order valence-electron chi connectivity index (χ1n) is 7.50. The number of aromatic nitrogens is 1. The van der Waals surface area contributed by atoms with Gasteiger partial charge in [0, 0.05) is 37.4 Å². The zero-order valence-electron chi connectivity index (χ0n) is 11.9. The summed E-state index contributed by atoms with van der Waals surface area (Å²) in [6.07, 6.45) is 5.84. The van der Waals surface area contributed by atoms with Gasteiger partial charge in [-0.2, -0.15) is 0 Å². The molecule has 0 saturated carbocycles. The van der Waals surface area contributed by atoms with Crippen LogP contribution in [0.25, 0.3) is 0 Å². The molecule has 1 saturated heterocycles. The summed E-state index contributed by atoms with van der Waals surface area (Å²) in [5.74, 6) is 0.214. The second kappa shape index (κ2) is 5.89. The SMILES string of the molecule is CCCC1CC(C(=O)N2CCc3ncccc3C2)NN1. The number of nitrogens with zero attached hydrogens (tertiary/aromatic N) is 2. The number of hydrogen-bond donors (Lipinski definition) is 2. The minimum absolute atomic E-state index is 0.0789. The highest BCUT2D eigenvalue weighted by atomic mass is 16.2. The third kappa shape index (κ3) is 2.69. The molecule has 3 rings (SSSR count). The Labute approximate surface area is 119 Å². The van der Waals surface area contributed by atoms with Crippen LogP contribution in [0.2, 0.25) is 0 Å². The van der Waals surface area contributed by atoms with E-state index < -0.39 is 0 Å². The van der Waals surface area contributed by atoms with Crippen molar-refractivity contribution in [2.24, 2.45) is 0 Å². The first-order chi connectivity index (χ1) is 9.78. The third-order valence-electron chi connectivity index (χ3n) is 4.19. The Hall–Kier alpha value is -1.46. The van der Waals surface area contributed by atoms with Gasteiger partial charge in [0.1, 0.15) is 6.04 Å². The zero-order valence-corrected chi connectivity index (χ0v) is 11.9. The van der Waals surface area contributed by atoms with Crippen LogP contribution < -0.4 is 10.9 Å². The molecule has 2 atom stereocenters. The fraction of sp³-hybridized carbons (Fsp3) is 0.600. The Bertz CT molecular complexity index is 491. The number of carbonyl (C=O) groups is 1. The number of carbonyl (C=O) groups excluding carboxylic acids is 1. The van der Waals surface area contributed by atoms with Crippen LogP contribution in [0.1, 0.15) is 37.4 Å². The zero-order chi connectivity index (χ0) is 13.9. The summed E-state index contributed by atoms with van der Waals surface area (Å²) in [7, 11) is 0. The van der Waals surface area contributed by atoms with Crippen LogP contribution in [0.5, 0.6) is 0 Å². The molecule has 2 aliphatic heterocycles. The van der Waals surface area contributed by atoms with E-state index in [2.05, 4.69) is 28.8 Å². The fourth-order valence-electron chi connectivity index (χ4n) is 3.10. The number of fused-ring (bicyclic) bond motifs is 1. The maximum atomic E-state index is 12.6. The van der Waals surface area contributed by atoms with Gasteiger partial charge in [0.15, 0.2) is 0 Å². The van der Waals surface area contributed by atoms with Crippen LogP contribution in [-0.2, 0) is 17.8 Å². The van der Waals surface area contributed by atoms with Crippen LogP contribution in [0.15, 0.2) is 18.3 Å². The molecule has 1 aromatic rings. The van der Waals surface area contributed by atoms with Gasteiger partial charge in [0.25, 0.3) is 0 Å². The van der Waals surface area contributed by atoms with Crippen molar-refractivity contribution in [1.29, 1.82) is 0 Å². The van der Waals surface area contributed by atoms with E-state index in [1.807, 2.05) is 17.2 Å². The molecule has 5 heteroatoms. The molecule has 0 aliphatic carbocycles. The fourth-order valence-corrected chi connectivity index (χ4v) is 3.10.